The van der Waals surface area contributed by atoms with Crippen LogP contribution in [-0.4, -0.2) is 24.8 Å². The van der Waals surface area contributed by atoms with E-state index < -0.39 is 11.6 Å². The number of benzene rings is 2. The normalized spacial score (nSPS) is 13.2. The highest BCUT2D eigenvalue weighted by Crippen LogP contribution is 2.33. The lowest BCUT2D eigenvalue weighted by Gasteiger charge is -2.22. The van der Waals surface area contributed by atoms with E-state index in [2.05, 4.69) is 10.6 Å². The molecule has 0 spiro atoms. The van der Waals surface area contributed by atoms with Gasteiger partial charge in [-0.05, 0) is 42.6 Å². The van der Waals surface area contributed by atoms with Crippen molar-refractivity contribution in [3.63, 3.8) is 0 Å². The molecule has 3 aromatic rings. The minimum absolute atomic E-state index is 0.0640. The van der Waals surface area contributed by atoms with Crippen LogP contribution in [0.15, 0.2) is 48.5 Å². The van der Waals surface area contributed by atoms with Gasteiger partial charge in [0.1, 0.15) is 11.4 Å². The Labute approximate surface area is 160 Å². The highest BCUT2D eigenvalue weighted by molar-refractivity contribution is 7.19. The molecule has 1 heterocycles. The number of rotatable bonds is 5. The van der Waals surface area contributed by atoms with Gasteiger partial charge < -0.3 is 20.5 Å². The van der Waals surface area contributed by atoms with Gasteiger partial charge in [0.15, 0.2) is 0 Å². The molecule has 1 unspecified atom stereocenters. The molecule has 0 aliphatic heterocycles. The van der Waals surface area contributed by atoms with Gasteiger partial charge in [0.05, 0.1) is 19.3 Å². The Kier molecular flexibility index (Phi) is 5.36. The number of carbonyl (C=O) groups excluding carboxylic acids is 1. The summed E-state index contributed by atoms with van der Waals surface area (Å²) in [6.45, 7) is 1.74. The van der Waals surface area contributed by atoms with E-state index in [1.54, 1.807) is 25.1 Å². The zero-order valence-electron chi connectivity index (χ0n) is 14.4. The molecule has 0 fully saturated rings. The third-order valence-electron chi connectivity index (χ3n) is 3.96. The number of amides is 2. The van der Waals surface area contributed by atoms with Gasteiger partial charge in [-0.3, -0.25) is 0 Å². The van der Waals surface area contributed by atoms with Crippen LogP contribution >= 0.6 is 22.9 Å². The summed E-state index contributed by atoms with van der Waals surface area (Å²) in [7, 11) is 1.51. The minimum Gasteiger partial charge on any atom is -0.495 e. The minimum atomic E-state index is -1.18. The van der Waals surface area contributed by atoms with Gasteiger partial charge in [-0.1, -0.05) is 29.8 Å². The van der Waals surface area contributed by atoms with Gasteiger partial charge in [-0.2, -0.15) is 0 Å². The Balaban J connectivity index is 1.67. The molecular formula is C19H19ClN2O3S. The number of anilines is 1. The molecule has 0 saturated heterocycles. The summed E-state index contributed by atoms with van der Waals surface area (Å²) in [5.74, 6) is 0.501. The van der Waals surface area contributed by atoms with E-state index in [0.717, 1.165) is 15.0 Å². The first kappa shape index (κ1) is 18.5. The summed E-state index contributed by atoms with van der Waals surface area (Å²) in [6, 6.07) is 14.4. The van der Waals surface area contributed by atoms with Gasteiger partial charge in [0, 0.05) is 14.6 Å². The third kappa shape index (κ3) is 4.09. The lowest BCUT2D eigenvalue weighted by atomic mass is 10.0. The number of hydrogen-bond acceptors (Lipinski definition) is 4. The molecule has 136 valence electrons. The predicted octanol–water partition coefficient (Wildman–Crippen LogP) is 4.59. The number of fused-ring (bicyclic) bond motifs is 1. The Morgan fingerprint density at radius 2 is 2.04 bits per heavy atom. The van der Waals surface area contributed by atoms with Gasteiger partial charge in [0.2, 0.25) is 0 Å². The van der Waals surface area contributed by atoms with Crippen molar-refractivity contribution in [2.45, 2.75) is 12.5 Å². The lowest BCUT2D eigenvalue weighted by molar-refractivity contribution is 0.0638. The molecule has 0 radical (unpaired) electrons. The maximum atomic E-state index is 12.2. The fourth-order valence-corrected chi connectivity index (χ4v) is 3.81. The smallest absolute Gasteiger partial charge is 0.319 e. The molecule has 0 aliphatic carbocycles. The Morgan fingerprint density at radius 3 is 2.77 bits per heavy atom. The van der Waals surface area contributed by atoms with E-state index in [-0.39, 0.29) is 6.54 Å². The molecule has 2 amide bonds. The average Bonchev–Trinajstić information content (AvgIpc) is 3.05. The number of methoxy groups -OCH3 is 1. The van der Waals surface area contributed by atoms with Crippen LogP contribution in [-0.2, 0) is 5.60 Å². The molecular weight excluding hydrogens is 372 g/mol. The van der Waals surface area contributed by atoms with Crippen molar-refractivity contribution in [3.05, 3.63) is 58.4 Å². The van der Waals surface area contributed by atoms with Crippen molar-refractivity contribution >= 4 is 44.7 Å². The van der Waals surface area contributed by atoms with Crippen LogP contribution in [0.5, 0.6) is 5.75 Å². The number of hydrogen-bond donors (Lipinski definition) is 3. The first-order chi connectivity index (χ1) is 12.4. The van der Waals surface area contributed by atoms with E-state index in [1.165, 1.54) is 18.4 Å². The second kappa shape index (κ2) is 7.53. The summed E-state index contributed by atoms with van der Waals surface area (Å²) in [4.78, 5) is 13.0. The number of carbonyl (C=O) groups is 1. The molecule has 1 atom stereocenters. The van der Waals surface area contributed by atoms with E-state index in [1.807, 2.05) is 30.3 Å². The SMILES string of the molecule is COc1ccc(Cl)cc1NC(=O)NCC(C)(O)c1cc2ccccc2s1. The van der Waals surface area contributed by atoms with Gasteiger partial charge >= 0.3 is 6.03 Å². The summed E-state index contributed by atoms with van der Waals surface area (Å²) in [6.07, 6.45) is 0. The van der Waals surface area contributed by atoms with Crippen molar-refractivity contribution in [1.82, 2.24) is 5.32 Å². The average molecular weight is 391 g/mol. The van der Waals surface area contributed by atoms with Crippen LogP contribution < -0.4 is 15.4 Å². The summed E-state index contributed by atoms with van der Waals surface area (Å²) in [5.41, 5.74) is -0.724. The van der Waals surface area contributed by atoms with Crippen LogP contribution in [0.25, 0.3) is 10.1 Å². The number of urea groups is 1. The van der Waals surface area contributed by atoms with Crippen LogP contribution in [0.4, 0.5) is 10.5 Å². The number of ether oxygens (including phenoxy) is 1. The zero-order chi connectivity index (χ0) is 18.7. The van der Waals surface area contributed by atoms with Crippen LogP contribution in [0.3, 0.4) is 0 Å². The molecule has 1 aromatic heterocycles. The van der Waals surface area contributed by atoms with Crippen molar-refractivity contribution in [2.75, 3.05) is 19.0 Å². The van der Waals surface area contributed by atoms with Crippen molar-refractivity contribution in [3.8, 4) is 5.75 Å². The molecule has 2 aromatic carbocycles. The molecule has 3 N–H and O–H groups in total. The van der Waals surface area contributed by atoms with Gasteiger partial charge in [-0.15, -0.1) is 11.3 Å². The first-order valence-electron chi connectivity index (χ1n) is 7.99. The molecule has 5 nitrogen and oxygen atoms in total. The quantitative estimate of drug-likeness (QED) is 0.596. The van der Waals surface area contributed by atoms with Crippen molar-refractivity contribution in [2.24, 2.45) is 0 Å². The largest absolute Gasteiger partial charge is 0.495 e. The number of aliphatic hydroxyl groups is 1. The van der Waals surface area contributed by atoms with E-state index in [4.69, 9.17) is 16.3 Å². The number of halogens is 1. The topological polar surface area (TPSA) is 70.6 Å². The highest BCUT2D eigenvalue weighted by Gasteiger charge is 2.26. The van der Waals surface area contributed by atoms with Crippen molar-refractivity contribution in [1.29, 1.82) is 0 Å². The number of thiophene rings is 1. The van der Waals surface area contributed by atoms with Crippen LogP contribution in [0.2, 0.25) is 5.02 Å². The van der Waals surface area contributed by atoms with Crippen LogP contribution in [0.1, 0.15) is 11.8 Å². The maximum absolute atomic E-state index is 12.2. The van der Waals surface area contributed by atoms with Crippen LogP contribution in [0, 0.1) is 0 Å². The summed E-state index contributed by atoms with van der Waals surface area (Å²) < 4.78 is 6.29. The summed E-state index contributed by atoms with van der Waals surface area (Å²) >= 11 is 7.47. The van der Waals surface area contributed by atoms with Crippen molar-refractivity contribution < 1.29 is 14.6 Å². The molecule has 26 heavy (non-hydrogen) atoms. The predicted molar refractivity (Wildman–Crippen MR) is 106 cm³/mol. The zero-order valence-corrected chi connectivity index (χ0v) is 15.9. The van der Waals surface area contributed by atoms with E-state index >= 15 is 0 Å². The fraction of sp³-hybridized carbons (Fsp3) is 0.211. The Bertz CT molecular complexity index is 906. The molecule has 7 heteroatoms. The second-order valence-electron chi connectivity index (χ2n) is 6.07. The number of nitrogens with one attached hydrogen (secondary N) is 2. The van der Waals surface area contributed by atoms with E-state index in [0.29, 0.717) is 16.5 Å². The lowest BCUT2D eigenvalue weighted by Crippen LogP contribution is -2.40. The third-order valence-corrected chi connectivity index (χ3v) is 5.56. The fourth-order valence-electron chi connectivity index (χ4n) is 2.53. The summed E-state index contributed by atoms with van der Waals surface area (Å²) in [5, 5.41) is 17.7. The monoisotopic (exact) mass is 390 g/mol. The first-order valence-corrected chi connectivity index (χ1v) is 9.18. The highest BCUT2D eigenvalue weighted by atomic mass is 35.5. The second-order valence-corrected chi connectivity index (χ2v) is 7.59. The molecule has 0 aliphatic rings. The van der Waals surface area contributed by atoms with Gasteiger partial charge in [0.25, 0.3) is 0 Å². The molecule has 0 saturated carbocycles. The van der Waals surface area contributed by atoms with Gasteiger partial charge in [-0.25, -0.2) is 4.79 Å². The molecule has 0 bridgehead atoms. The maximum Gasteiger partial charge on any atom is 0.319 e. The Hall–Kier alpha value is -2.28. The standard InChI is InChI=1S/C19H19ClN2O3S/c1-19(24,17-9-12-5-3-4-6-16(12)26-17)11-21-18(23)22-14-10-13(20)7-8-15(14)25-2/h3-10,24H,11H2,1-2H3,(H2,21,22,23). The Morgan fingerprint density at radius 1 is 1.27 bits per heavy atom. The molecule has 3 rings (SSSR count). The van der Waals surface area contributed by atoms with E-state index in [9.17, 15) is 9.90 Å².